The summed E-state index contributed by atoms with van der Waals surface area (Å²) in [5.74, 6) is 0.368. The molecule has 2 heterocycles. The lowest BCUT2D eigenvalue weighted by Crippen LogP contribution is -2.39. The van der Waals surface area contributed by atoms with Crippen LogP contribution in [0.1, 0.15) is 57.8 Å². The maximum atomic E-state index is 11.2. The van der Waals surface area contributed by atoms with E-state index in [1.54, 1.807) is 14.2 Å². The molecule has 7 nitrogen and oxygen atoms in total. The van der Waals surface area contributed by atoms with Gasteiger partial charge in [0, 0.05) is 39.6 Å². The first kappa shape index (κ1) is 22.0. The number of rotatable bonds is 10. The molecule has 3 rings (SSSR count). The lowest BCUT2D eigenvalue weighted by Gasteiger charge is -2.33. The molecule has 28 heavy (non-hydrogen) atoms. The van der Waals surface area contributed by atoms with E-state index < -0.39 is 0 Å². The van der Waals surface area contributed by atoms with Gasteiger partial charge in [-0.15, -0.1) is 0 Å². The van der Waals surface area contributed by atoms with Gasteiger partial charge in [-0.25, -0.2) is 0 Å². The van der Waals surface area contributed by atoms with Crippen LogP contribution in [-0.2, 0) is 33.2 Å². The van der Waals surface area contributed by atoms with Crippen LogP contribution in [-0.4, -0.2) is 64.8 Å². The Morgan fingerprint density at radius 2 is 1.93 bits per heavy atom. The highest BCUT2D eigenvalue weighted by Crippen LogP contribution is 2.48. The van der Waals surface area contributed by atoms with Crippen molar-refractivity contribution in [3.05, 3.63) is 0 Å². The zero-order valence-corrected chi connectivity index (χ0v) is 17.5. The zero-order valence-electron chi connectivity index (χ0n) is 17.5. The van der Waals surface area contributed by atoms with Crippen molar-refractivity contribution in [1.29, 1.82) is 0 Å². The minimum atomic E-state index is -0.301. The molecular weight excluding hydrogens is 364 g/mol. The Balaban J connectivity index is 1.53. The van der Waals surface area contributed by atoms with Gasteiger partial charge in [0.1, 0.15) is 0 Å². The number of carbonyl (C=O) groups excluding carboxylic acids is 1. The molecule has 0 N–H and O–H groups in total. The Kier molecular flexibility index (Phi) is 8.53. The average molecular weight is 401 g/mol. The zero-order chi connectivity index (χ0) is 19.9. The molecule has 162 valence electrons. The van der Waals surface area contributed by atoms with Crippen LogP contribution >= 0.6 is 0 Å². The monoisotopic (exact) mass is 400 g/mol. The third-order valence-corrected chi connectivity index (χ3v) is 6.40. The number of hydrogen-bond acceptors (Lipinski definition) is 7. The van der Waals surface area contributed by atoms with E-state index in [2.05, 4.69) is 0 Å². The van der Waals surface area contributed by atoms with Crippen molar-refractivity contribution < 1.29 is 33.2 Å². The van der Waals surface area contributed by atoms with Gasteiger partial charge in [0.25, 0.3) is 0 Å². The standard InChI is InChI=1S/C21H36O7/c1-23-18(22)9-5-4-8-14-12-15-16(27-14)13-17(20(15)21(24-2)25-3)28-19-10-6-7-11-26-19/h14-17,19-21H,4-13H2,1-3H3. The third-order valence-electron chi connectivity index (χ3n) is 6.40. The number of esters is 1. The van der Waals surface area contributed by atoms with Crippen molar-refractivity contribution in [1.82, 2.24) is 0 Å². The van der Waals surface area contributed by atoms with Crippen LogP contribution in [0.2, 0.25) is 0 Å². The summed E-state index contributed by atoms with van der Waals surface area (Å²) in [6, 6.07) is 0. The van der Waals surface area contributed by atoms with Crippen molar-refractivity contribution in [2.24, 2.45) is 11.8 Å². The Morgan fingerprint density at radius 3 is 2.61 bits per heavy atom. The number of fused-ring (bicyclic) bond motifs is 1. The molecule has 1 aliphatic carbocycles. The topological polar surface area (TPSA) is 72.5 Å². The highest BCUT2D eigenvalue weighted by atomic mass is 16.7. The Morgan fingerprint density at radius 1 is 1.11 bits per heavy atom. The van der Waals surface area contributed by atoms with Gasteiger partial charge >= 0.3 is 5.97 Å². The molecule has 3 fully saturated rings. The molecule has 6 atom stereocenters. The first-order valence-corrected chi connectivity index (χ1v) is 10.7. The second-order valence-corrected chi connectivity index (χ2v) is 8.14. The third kappa shape index (κ3) is 5.45. The number of methoxy groups -OCH3 is 3. The molecule has 0 bridgehead atoms. The number of ether oxygens (including phenoxy) is 6. The van der Waals surface area contributed by atoms with Crippen LogP contribution < -0.4 is 0 Å². The lowest BCUT2D eigenvalue weighted by molar-refractivity contribution is -0.227. The molecule has 6 unspecified atom stereocenters. The SMILES string of the molecule is COC(=O)CCCCC1CC2C(CC(OC3CCCCO3)C2C(OC)OC)O1. The Hall–Kier alpha value is -0.730. The van der Waals surface area contributed by atoms with Crippen LogP contribution in [0, 0.1) is 11.8 Å². The van der Waals surface area contributed by atoms with Gasteiger partial charge in [-0.05, 0) is 44.4 Å². The Labute approximate surface area is 168 Å². The minimum absolute atomic E-state index is 0.0308. The van der Waals surface area contributed by atoms with Crippen molar-refractivity contribution >= 4 is 5.97 Å². The van der Waals surface area contributed by atoms with E-state index in [-0.39, 0.29) is 42.8 Å². The van der Waals surface area contributed by atoms with Gasteiger partial charge in [0.05, 0.1) is 25.4 Å². The molecule has 0 aromatic carbocycles. The first-order chi connectivity index (χ1) is 13.7. The molecule has 0 aromatic rings. The molecule has 0 aromatic heterocycles. The van der Waals surface area contributed by atoms with Crippen molar-refractivity contribution in [2.75, 3.05) is 27.9 Å². The number of carbonyl (C=O) groups is 1. The van der Waals surface area contributed by atoms with Crippen LogP contribution in [0.4, 0.5) is 0 Å². The fourth-order valence-electron chi connectivity index (χ4n) is 5.03. The summed E-state index contributed by atoms with van der Waals surface area (Å²) >= 11 is 0. The molecule has 0 amide bonds. The van der Waals surface area contributed by atoms with Crippen molar-refractivity contribution in [3.8, 4) is 0 Å². The summed E-state index contributed by atoms with van der Waals surface area (Å²) in [7, 11) is 4.81. The molecule has 7 heteroatoms. The molecule has 0 spiro atoms. The van der Waals surface area contributed by atoms with Gasteiger partial charge in [-0.3, -0.25) is 4.79 Å². The molecular formula is C21H36O7. The van der Waals surface area contributed by atoms with Gasteiger partial charge in [-0.1, -0.05) is 6.42 Å². The van der Waals surface area contributed by atoms with Crippen LogP contribution in [0.5, 0.6) is 0 Å². The summed E-state index contributed by atoms with van der Waals surface area (Å²) in [5, 5.41) is 0. The second-order valence-electron chi connectivity index (χ2n) is 8.14. The van der Waals surface area contributed by atoms with Crippen LogP contribution in [0.3, 0.4) is 0 Å². The van der Waals surface area contributed by atoms with E-state index >= 15 is 0 Å². The summed E-state index contributed by atoms with van der Waals surface area (Å²) in [6.07, 6.45) is 8.34. The summed E-state index contributed by atoms with van der Waals surface area (Å²) in [4.78, 5) is 11.2. The normalized spacial score (nSPS) is 35.3. The molecule has 3 aliphatic rings. The quantitative estimate of drug-likeness (QED) is 0.317. The number of unbranched alkanes of at least 4 members (excludes halogenated alkanes) is 1. The molecule has 2 saturated heterocycles. The van der Waals surface area contributed by atoms with Crippen molar-refractivity contribution in [2.45, 2.75) is 88.7 Å². The lowest BCUT2D eigenvalue weighted by atomic mass is 9.89. The van der Waals surface area contributed by atoms with E-state index in [9.17, 15) is 4.79 Å². The fourth-order valence-corrected chi connectivity index (χ4v) is 5.03. The van der Waals surface area contributed by atoms with E-state index in [4.69, 9.17) is 28.4 Å². The van der Waals surface area contributed by atoms with Crippen LogP contribution in [0.15, 0.2) is 0 Å². The molecule has 0 radical (unpaired) electrons. The maximum absolute atomic E-state index is 11.2. The summed E-state index contributed by atoms with van der Waals surface area (Å²) < 4.78 is 34.5. The second kappa shape index (κ2) is 10.9. The highest BCUT2D eigenvalue weighted by Gasteiger charge is 2.53. The predicted molar refractivity (Wildman–Crippen MR) is 102 cm³/mol. The van der Waals surface area contributed by atoms with Gasteiger partial charge < -0.3 is 28.4 Å². The van der Waals surface area contributed by atoms with E-state index in [0.717, 1.165) is 58.0 Å². The molecule has 1 saturated carbocycles. The van der Waals surface area contributed by atoms with Crippen LogP contribution in [0.25, 0.3) is 0 Å². The number of hydrogen-bond donors (Lipinski definition) is 0. The Bertz CT molecular complexity index is 475. The van der Waals surface area contributed by atoms with Gasteiger partial charge in [0.15, 0.2) is 12.6 Å². The summed E-state index contributed by atoms with van der Waals surface area (Å²) in [5.41, 5.74) is 0. The molecule has 2 aliphatic heterocycles. The van der Waals surface area contributed by atoms with E-state index in [1.807, 2.05) is 0 Å². The predicted octanol–water partition coefficient (Wildman–Crippen LogP) is 3.04. The van der Waals surface area contributed by atoms with E-state index in [0.29, 0.717) is 12.3 Å². The minimum Gasteiger partial charge on any atom is -0.469 e. The van der Waals surface area contributed by atoms with Gasteiger partial charge in [0.2, 0.25) is 0 Å². The van der Waals surface area contributed by atoms with Crippen molar-refractivity contribution in [3.63, 3.8) is 0 Å². The highest BCUT2D eigenvalue weighted by molar-refractivity contribution is 5.68. The van der Waals surface area contributed by atoms with E-state index in [1.165, 1.54) is 7.11 Å². The largest absolute Gasteiger partial charge is 0.469 e. The van der Waals surface area contributed by atoms with Gasteiger partial charge in [-0.2, -0.15) is 0 Å². The summed E-state index contributed by atoms with van der Waals surface area (Å²) in [6.45, 7) is 0.775. The maximum Gasteiger partial charge on any atom is 0.305 e. The fraction of sp³-hybridized carbons (Fsp3) is 0.952. The average Bonchev–Trinajstić information content (AvgIpc) is 3.25. The first-order valence-electron chi connectivity index (χ1n) is 10.7. The smallest absolute Gasteiger partial charge is 0.305 e.